The number of amides is 6. The molecule has 1 fully saturated rings. The predicted molar refractivity (Wildman–Crippen MR) is 373 cm³/mol. The summed E-state index contributed by atoms with van der Waals surface area (Å²) in [6, 6.07) is 10.4. The van der Waals surface area contributed by atoms with Crippen molar-refractivity contribution in [1.82, 2.24) is 25.8 Å². The van der Waals surface area contributed by atoms with Crippen LogP contribution in [0.4, 0.5) is 21.9 Å². The first-order chi connectivity index (χ1) is 47.6. The van der Waals surface area contributed by atoms with Crippen molar-refractivity contribution in [3.8, 4) is 23.0 Å². The Morgan fingerprint density at radius 1 is 0.653 bits per heavy atom. The van der Waals surface area contributed by atoms with Gasteiger partial charge < -0.3 is 78.8 Å². The van der Waals surface area contributed by atoms with Crippen molar-refractivity contribution in [2.75, 3.05) is 104 Å². The lowest BCUT2D eigenvalue weighted by atomic mass is 9.90. The summed E-state index contributed by atoms with van der Waals surface area (Å²) < 4.78 is 52.3. The van der Waals surface area contributed by atoms with E-state index in [0.29, 0.717) is 132 Å². The Labute approximate surface area is 576 Å². The average Bonchev–Trinajstić information content (AvgIpc) is 1.59. The first-order valence-corrected chi connectivity index (χ1v) is 34.8. The molecule has 0 bridgehead atoms. The van der Waals surface area contributed by atoms with Gasteiger partial charge in [-0.1, -0.05) is 95.2 Å². The number of aliphatic hydroxyl groups is 1. The van der Waals surface area contributed by atoms with Crippen molar-refractivity contribution < 1.29 is 76.5 Å². The molecule has 5 N–H and O–H groups in total. The number of hydrogen-bond donors (Lipinski definition) is 5. The van der Waals surface area contributed by atoms with Crippen LogP contribution in [0, 0.1) is 11.8 Å². The molecule has 0 saturated heterocycles. The summed E-state index contributed by atoms with van der Waals surface area (Å²) in [5.74, 6) is 0.265. The number of allylic oxidation sites excluding steroid dienone is 4. The third kappa shape index (κ3) is 21.9. The molecular weight excluding hydrogens is 1260 g/mol. The van der Waals surface area contributed by atoms with Crippen molar-refractivity contribution >= 4 is 58.9 Å². The number of aliphatic imine (C=N–C) groups is 1. The summed E-state index contributed by atoms with van der Waals surface area (Å²) in [6.45, 7) is 13.8. The van der Waals surface area contributed by atoms with E-state index in [2.05, 4.69) is 26.3 Å². The van der Waals surface area contributed by atoms with Crippen molar-refractivity contribution in [2.45, 2.75) is 162 Å². The lowest BCUT2D eigenvalue weighted by molar-refractivity contribution is -0.128. The van der Waals surface area contributed by atoms with E-state index in [0.717, 1.165) is 28.9 Å². The van der Waals surface area contributed by atoms with Crippen LogP contribution >= 0.6 is 0 Å². The van der Waals surface area contributed by atoms with E-state index in [1.165, 1.54) is 76.2 Å². The third-order valence-corrected chi connectivity index (χ3v) is 17.7. The maximum absolute atomic E-state index is 14.4. The van der Waals surface area contributed by atoms with Gasteiger partial charge in [0.25, 0.3) is 11.8 Å². The van der Waals surface area contributed by atoms with Crippen LogP contribution in [0.1, 0.15) is 151 Å². The highest BCUT2D eigenvalue weighted by Gasteiger charge is 2.45. The van der Waals surface area contributed by atoms with Crippen molar-refractivity contribution in [3.63, 3.8) is 0 Å². The fraction of sp³-hybridized carbons (Fsp3) is 0.554. The minimum absolute atomic E-state index is 0.0411. The van der Waals surface area contributed by atoms with E-state index in [1.54, 1.807) is 60.6 Å². The van der Waals surface area contributed by atoms with Gasteiger partial charge in [0.05, 0.1) is 114 Å². The number of carbonyl (C=O) groups excluding carboxylic acids is 6. The number of benzene rings is 3. The minimum atomic E-state index is -1.56. The van der Waals surface area contributed by atoms with E-state index in [-0.39, 0.29) is 78.7 Å². The van der Waals surface area contributed by atoms with Gasteiger partial charge in [-0.2, -0.15) is 0 Å². The number of fused-ring (bicyclic) bond motifs is 4. The number of ether oxygens (including phenoxy) is 9. The Bertz CT molecular complexity index is 3290. The summed E-state index contributed by atoms with van der Waals surface area (Å²) in [6.07, 6.45) is 24.2. The molecule has 4 aliphatic heterocycles. The molecule has 1 saturated carbocycles. The number of aliphatic hydroxyl groups excluding tert-OH is 1. The molecule has 534 valence electrons. The van der Waals surface area contributed by atoms with E-state index in [4.69, 9.17) is 42.6 Å². The molecule has 4 heterocycles. The third-order valence-electron chi connectivity index (χ3n) is 17.7. The molecule has 98 heavy (non-hydrogen) atoms. The zero-order valence-electron chi connectivity index (χ0n) is 58.2. The molecule has 3 aromatic rings. The normalized spacial score (nSPS) is 18.6. The first kappa shape index (κ1) is 75.6. The SMILES string of the molecule is CC=CC1=CN2C(=O)c3cc(OC)c(OCCCOc4cc5c(cc4OC)C(=O)N4C=C(C=CC)CC4C(O)N5C(=O)OCc4ccc(NC(=O)C(C)NC(=O)C(NCCCOCCOCCOCCOCCNC(=O)CC5CCCCCCCCC5)C(C)C)cc4)cc3N=CC2C1. The van der Waals surface area contributed by atoms with Gasteiger partial charge in [0.2, 0.25) is 17.7 Å². The molecule has 1 aliphatic carbocycles. The maximum Gasteiger partial charge on any atom is 0.416 e. The summed E-state index contributed by atoms with van der Waals surface area (Å²) in [7, 11) is 2.93. The highest BCUT2D eigenvalue weighted by Crippen LogP contribution is 2.43. The minimum Gasteiger partial charge on any atom is -0.493 e. The van der Waals surface area contributed by atoms with Gasteiger partial charge in [-0.3, -0.25) is 29.0 Å². The zero-order chi connectivity index (χ0) is 69.8. The van der Waals surface area contributed by atoms with Crippen LogP contribution in [0.3, 0.4) is 0 Å². The Morgan fingerprint density at radius 3 is 1.87 bits per heavy atom. The second-order valence-corrected chi connectivity index (χ2v) is 25.5. The molecule has 24 nitrogen and oxygen atoms in total. The standard InChI is InChI=1S/C74H102N8O16/c1-8-19-54-39-57-46-77-60-44-65(63(90-6)42-58(60)71(86)80(57)47-54)96-30-18-31-97-66-45-61-59(43-64(66)91-7)72(87)81-48-55(20-9-2)40-62(81)73(88)82(61)74(89)98-49-53-23-25-56(26-24-53)79-69(84)51(5)78-70(85)68(50(3)4)76-27-17-29-92-33-35-94-37-38-95-36-34-93-32-28-75-67(83)41-52-21-15-13-11-10-12-14-16-22-52/h8-9,19-20,23-26,42-48,50-52,57,62,68,73,76,88H,10-18,21-22,27-41,49H2,1-7H3,(H,75,83)(H,78,85)(H,79,84). The zero-order valence-corrected chi connectivity index (χ0v) is 58.2. The van der Waals surface area contributed by atoms with Crippen LogP contribution in [0.25, 0.3) is 0 Å². The molecule has 0 radical (unpaired) electrons. The largest absolute Gasteiger partial charge is 0.493 e. The van der Waals surface area contributed by atoms with Crippen molar-refractivity contribution in [1.29, 1.82) is 0 Å². The summed E-state index contributed by atoms with van der Waals surface area (Å²) in [5, 5.41) is 24.1. The molecule has 24 heteroatoms. The van der Waals surface area contributed by atoms with E-state index >= 15 is 0 Å². The van der Waals surface area contributed by atoms with Crippen LogP contribution in [-0.2, 0) is 44.7 Å². The number of nitrogens with one attached hydrogen (secondary N) is 4. The molecule has 8 rings (SSSR count). The smallest absolute Gasteiger partial charge is 0.416 e. The van der Waals surface area contributed by atoms with Crippen molar-refractivity contribution in [3.05, 3.63) is 113 Å². The van der Waals surface area contributed by atoms with E-state index < -0.39 is 42.3 Å². The first-order valence-electron chi connectivity index (χ1n) is 34.8. The molecule has 5 atom stereocenters. The summed E-state index contributed by atoms with van der Waals surface area (Å²) >= 11 is 0. The van der Waals surface area contributed by atoms with Crippen LogP contribution in [-0.4, -0.2) is 181 Å². The molecule has 5 unspecified atom stereocenters. The number of anilines is 2. The molecular formula is C74H102N8O16. The predicted octanol–water partition coefficient (Wildman–Crippen LogP) is 10.3. The molecule has 5 aliphatic rings. The van der Waals surface area contributed by atoms with Gasteiger partial charge in [-0.15, -0.1) is 0 Å². The molecule has 0 spiro atoms. The monoisotopic (exact) mass is 1360 g/mol. The van der Waals surface area contributed by atoms with Crippen LogP contribution < -0.4 is 45.1 Å². The van der Waals surface area contributed by atoms with Crippen LogP contribution in [0.15, 0.2) is 101 Å². The fourth-order valence-corrected chi connectivity index (χ4v) is 12.5. The highest BCUT2D eigenvalue weighted by molar-refractivity contribution is 6.07. The van der Waals surface area contributed by atoms with Gasteiger partial charge in [-0.25, -0.2) is 9.69 Å². The number of rotatable bonds is 36. The van der Waals surface area contributed by atoms with Crippen molar-refractivity contribution in [2.24, 2.45) is 16.8 Å². The highest BCUT2D eigenvalue weighted by atomic mass is 16.6. The Morgan fingerprint density at radius 2 is 1.23 bits per heavy atom. The van der Waals surface area contributed by atoms with Gasteiger partial charge in [0.15, 0.2) is 29.2 Å². The molecule has 6 amide bonds. The number of hydrogen-bond acceptors (Lipinski definition) is 18. The summed E-state index contributed by atoms with van der Waals surface area (Å²) in [5.41, 5.74) is 3.76. The van der Waals surface area contributed by atoms with Crippen LogP contribution in [0.2, 0.25) is 0 Å². The van der Waals surface area contributed by atoms with E-state index in [9.17, 15) is 33.9 Å². The lowest BCUT2D eigenvalue weighted by Crippen LogP contribution is -2.52. The average molecular weight is 1360 g/mol. The van der Waals surface area contributed by atoms with E-state index in [1.807, 2.05) is 58.2 Å². The number of methoxy groups -OCH3 is 2. The summed E-state index contributed by atoms with van der Waals surface area (Å²) in [4.78, 5) is 90.6. The lowest BCUT2D eigenvalue weighted by Gasteiger charge is -2.31. The van der Waals surface area contributed by atoms with Gasteiger partial charge in [0, 0.05) is 62.4 Å². The second-order valence-electron chi connectivity index (χ2n) is 25.5. The topological polar surface area (TPSA) is 276 Å². The maximum atomic E-state index is 14.4. The van der Waals surface area contributed by atoms with Gasteiger partial charge in [0.1, 0.15) is 12.6 Å². The Kier molecular flexibility index (Phi) is 30.5. The van der Waals surface area contributed by atoms with Gasteiger partial charge >= 0.3 is 6.09 Å². The quantitative estimate of drug-likeness (QED) is 0.0339. The fourth-order valence-electron chi connectivity index (χ4n) is 12.5. The molecule has 0 aromatic heterocycles. The number of nitrogens with zero attached hydrogens (tertiary/aromatic N) is 4. The van der Waals surface area contributed by atoms with Gasteiger partial charge in [-0.05, 0) is 112 Å². The Hall–Kier alpha value is -8.13. The molecule has 3 aromatic carbocycles. The Balaban J connectivity index is 0.739. The van der Waals surface area contributed by atoms with Crippen LogP contribution in [0.5, 0.6) is 23.0 Å². The second kappa shape index (κ2) is 39.5. The number of carbonyl (C=O) groups is 6.